The van der Waals surface area contributed by atoms with Gasteiger partial charge >= 0.3 is 5.97 Å². The van der Waals surface area contributed by atoms with Gasteiger partial charge in [-0.05, 0) is 18.6 Å². The van der Waals surface area contributed by atoms with Crippen LogP contribution in [0.1, 0.15) is 30.1 Å². The third-order valence-electron chi connectivity index (χ3n) is 3.91. The van der Waals surface area contributed by atoms with Gasteiger partial charge in [-0.2, -0.15) is 0 Å². The quantitative estimate of drug-likeness (QED) is 0.509. The Bertz CT molecular complexity index is 514. The van der Waals surface area contributed by atoms with Crippen LogP contribution in [0, 0.1) is 0 Å². The number of benzene rings is 1. The summed E-state index contributed by atoms with van der Waals surface area (Å²) in [5.74, 6) is 0.632. The molecule has 1 aromatic rings. The maximum absolute atomic E-state index is 12.4. The van der Waals surface area contributed by atoms with Crippen molar-refractivity contribution in [2.45, 2.75) is 19.8 Å². The Morgan fingerprint density at radius 1 is 1.25 bits per heavy atom. The van der Waals surface area contributed by atoms with Gasteiger partial charge in [0.25, 0.3) is 0 Å². The summed E-state index contributed by atoms with van der Waals surface area (Å²) in [5, 5.41) is 0. The molecule has 6 nitrogen and oxygen atoms in total. The predicted octanol–water partition coefficient (Wildman–Crippen LogP) is 2.36. The molecule has 134 valence electrons. The first-order valence-electron chi connectivity index (χ1n) is 8.53. The Morgan fingerprint density at radius 2 is 2.04 bits per heavy atom. The monoisotopic (exact) mass is 337 g/mol. The highest BCUT2D eigenvalue weighted by atomic mass is 16.5. The van der Waals surface area contributed by atoms with Crippen LogP contribution in [0.5, 0.6) is 11.5 Å². The van der Waals surface area contributed by atoms with Crippen molar-refractivity contribution in [1.29, 1.82) is 0 Å². The molecule has 0 atom stereocenters. The number of carbonyl (C=O) groups excluding carboxylic acids is 1. The molecular weight excluding hydrogens is 310 g/mol. The van der Waals surface area contributed by atoms with Gasteiger partial charge in [0.15, 0.2) is 11.5 Å². The van der Waals surface area contributed by atoms with E-state index in [-0.39, 0.29) is 5.97 Å². The number of nitrogens with zero attached hydrogens (tertiary/aromatic N) is 1. The summed E-state index contributed by atoms with van der Waals surface area (Å²) < 4.78 is 21.8. The van der Waals surface area contributed by atoms with E-state index in [1.54, 1.807) is 25.3 Å². The minimum absolute atomic E-state index is 0.352. The van der Waals surface area contributed by atoms with Crippen LogP contribution in [0.3, 0.4) is 0 Å². The van der Waals surface area contributed by atoms with Crippen molar-refractivity contribution in [3.05, 3.63) is 23.8 Å². The zero-order valence-corrected chi connectivity index (χ0v) is 14.6. The fourth-order valence-electron chi connectivity index (χ4n) is 2.47. The van der Waals surface area contributed by atoms with E-state index in [9.17, 15) is 4.79 Å². The number of morpholine rings is 1. The van der Waals surface area contributed by atoms with Crippen LogP contribution in [0.2, 0.25) is 0 Å². The number of para-hydroxylation sites is 1. The smallest absolute Gasteiger partial charge is 0.342 e. The van der Waals surface area contributed by atoms with E-state index in [2.05, 4.69) is 11.8 Å². The van der Waals surface area contributed by atoms with Gasteiger partial charge in [0.1, 0.15) is 12.2 Å². The maximum atomic E-state index is 12.4. The van der Waals surface area contributed by atoms with E-state index in [0.717, 1.165) is 39.1 Å². The third kappa shape index (κ3) is 5.39. The van der Waals surface area contributed by atoms with Gasteiger partial charge in [-0.3, -0.25) is 4.90 Å². The number of rotatable bonds is 9. The van der Waals surface area contributed by atoms with Crippen molar-refractivity contribution in [3.63, 3.8) is 0 Å². The lowest BCUT2D eigenvalue weighted by Crippen LogP contribution is -2.38. The molecule has 0 aliphatic carbocycles. The van der Waals surface area contributed by atoms with Crippen LogP contribution in [-0.2, 0) is 9.47 Å². The zero-order chi connectivity index (χ0) is 17.2. The summed E-state index contributed by atoms with van der Waals surface area (Å²) >= 11 is 0. The molecule has 6 heteroatoms. The number of unbranched alkanes of at least 4 members (excludes halogenated alkanes) is 1. The van der Waals surface area contributed by atoms with Crippen LogP contribution in [-0.4, -0.2) is 64.0 Å². The van der Waals surface area contributed by atoms with Crippen molar-refractivity contribution in [1.82, 2.24) is 4.90 Å². The first-order valence-corrected chi connectivity index (χ1v) is 8.53. The highest BCUT2D eigenvalue weighted by Gasteiger charge is 2.19. The second-order valence-corrected chi connectivity index (χ2v) is 5.63. The number of hydrogen-bond donors (Lipinski definition) is 0. The molecule has 1 aliphatic heterocycles. The molecule has 0 bridgehead atoms. The average Bonchev–Trinajstić information content (AvgIpc) is 2.62. The van der Waals surface area contributed by atoms with Crippen molar-refractivity contribution >= 4 is 5.97 Å². The SMILES string of the molecule is CCCCOc1c(OC)cccc1C(=O)OCCN1CCOCC1. The van der Waals surface area contributed by atoms with Gasteiger partial charge in [-0.15, -0.1) is 0 Å². The van der Waals surface area contributed by atoms with Gasteiger partial charge in [-0.25, -0.2) is 4.79 Å². The predicted molar refractivity (Wildman–Crippen MR) is 90.9 cm³/mol. The summed E-state index contributed by atoms with van der Waals surface area (Å²) in [5.41, 5.74) is 0.410. The van der Waals surface area contributed by atoms with Crippen molar-refractivity contribution in [3.8, 4) is 11.5 Å². The Kier molecular flexibility index (Phi) is 7.85. The largest absolute Gasteiger partial charge is 0.493 e. The van der Waals surface area contributed by atoms with E-state index in [1.165, 1.54) is 0 Å². The van der Waals surface area contributed by atoms with Gasteiger partial charge < -0.3 is 18.9 Å². The molecule has 0 aromatic heterocycles. The van der Waals surface area contributed by atoms with Gasteiger partial charge in [0.05, 0.1) is 26.9 Å². The van der Waals surface area contributed by atoms with Gasteiger partial charge in [0.2, 0.25) is 0 Å². The van der Waals surface area contributed by atoms with Crippen molar-refractivity contribution in [2.75, 3.05) is 53.2 Å². The number of carbonyl (C=O) groups is 1. The molecule has 2 rings (SSSR count). The molecule has 0 amide bonds. The third-order valence-corrected chi connectivity index (χ3v) is 3.91. The number of methoxy groups -OCH3 is 1. The molecular formula is C18H27NO5. The van der Waals surface area contributed by atoms with Crippen molar-refractivity contribution in [2.24, 2.45) is 0 Å². The van der Waals surface area contributed by atoms with E-state index in [0.29, 0.717) is 36.8 Å². The molecule has 0 N–H and O–H groups in total. The first-order chi connectivity index (χ1) is 11.8. The van der Waals surface area contributed by atoms with Crippen LogP contribution < -0.4 is 9.47 Å². The van der Waals surface area contributed by atoms with Crippen LogP contribution in [0.25, 0.3) is 0 Å². The van der Waals surface area contributed by atoms with E-state index < -0.39 is 0 Å². The van der Waals surface area contributed by atoms with E-state index >= 15 is 0 Å². The van der Waals surface area contributed by atoms with E-state index in [4.69, 9.17) is 18.9 Å². The summed E-state index contributed by atoms with van der Waals surface area (Å²) in [6.45, 7) is 6.93. The Hall–Kier alpha value is -1.79. The maximum Gasteiger partial charge on any atom is 0.342 e. The molecule has 0 unspecified atom stereocenters. The molecule has 1 aliphatic rings. The molecule has 1 fully saturated rings. The second kappa shape index (κ2) is 10.2. The van der Waals surface area contributed by atoms with Crippen LogP contribution >= 0.6 is 0 Å². The number of hydrogen-bond acceptors (Lipinski definition) is 6. The summed E-state index contributed by atoms with van der Waals surface area (Å²) in [6, 6.07) is 5.26. The Balaban J connectivity index is 1.93. The molecule has 0 saturated carbocycles. The number of esters is 1. The standard InChI is InChI=1S/C18H27NO5/c1-3-4-11-23-17-15(6-5-7-16(17)21-2)18(20)24-14-10-19-8-12-22-13-9-19/h5-7H,3-4,8-14H2,1-2H3. The minimum Gasteiger partial charge on any atom is -0.493 e. The molecule has 0 radical (unpaired) electrons. The highest BCUT2D eigenvalue weighted by Crippen LogP contribution is 2.31. The molecule has 24 heavy (non-hydrogen) atoms. The highest BCUT2D eigenvalue weighted by molar-refractivity contribution is 5.93. The average molecular weight is 337 g/mol. The van der Waals surface area contributed by atoms with Gasteiger partial charge in [-0.1, -0.05) is 19.4 Å². The summed E-state index contributed by atoms with van der Waals surface area (Å²) in [4.78, 5) is 14.6. The summed E-state index contributed by atoms with van der Waals surface area (Å²) in [6.07, 6.45) is 1.94. The lowest BCUT2D eigenvalue weighted by atomic mass is 10.2. The number of ether oxygens (including phenoxy) is 4. The molecule has 1 aromatic carbocycles. The molecule has 1 heterocycles. The first kappa shape index (κ1) is 18.5. The fourth-order valence-corrected chi connectivity index (χ4v) is 2.47. The van der Waals surface area contributed by atoms with Crippen LogP contribution in [0.4, 0.5) is 0 Å². The molecule has 1 saturated heterocycles. The Labute approximate surface area is 143 Å². The van der Waals surface area contributed by atoms with Gasteiger partial charge in [0, 0.05) is 19.6 Å². The lowest BCUT2D eigenvalue weighted by molar-refractivity contribution is 0.0194. The minimum atomic E-state index is -0.381. The summed E-state index contributed by atoms with van der Waals surface area (Å²) in [7, 11) is 1.57. The fraction of sp³-hybridized carbons (Fsp3) is 0.611. The van der Waals surface area contributed by atoms with E-state index in [1.807, 2.05) is 0 Å². The second-order valence-electron chi connectivity index (χ2n) is 5.63. The normalized spacial score (nSPS) is 15.1. The Morgan fingerprint density at radius 3 is 2.75 bits per heavy atom. The van der Waals surface area contributed by atoms with Crippen LogP contribution in [0.15, 0.2) is 18.2 Å². The molecule has 0 spiro atoms. The lowest BCUT2D eigenvalue weighted by Gasteiger charge is -2.26. The topological polar surface area (TPSA) is 57.2 Å². The van der Waals surface area contributed by atoms with Crippen molar-refractivity contribution < 1.29 is 23.7 Å². The zero-order valence-electron chi connectivity index (χ0n) is 14.6.